The van der Waals surface area contributed by atoms with Gasteiger partial charge in [-0.2, -0.15) is 0 Å². The molecule has 23 heavy (non-hydrogen) atoms. The Morgan fingerprint density at radius 3 is 3.09 bits per heavy atom. The van der Waals surface area contributed by atoms with Crippen molar-refractivity contribution in [2.75, 3.05) is 19.8 Å². The van der Waals surface area contributed by atoms with Gasteiger partial charge in [0.05, 0.1) is 32.6 Å². The van der Waals surface area contributed by atoms with E-state index >= 15 is 0 Å². The molecule has 0 radical (unpaired) electrons. The summed E-state index contributed by atoms with van der Waals surface area (Å²) in [6.07, 6.45) is 3.11. The molecule has 0 amide bonds. The first-order valence-corrected chi connectivity index (χ1v) is 7.26. The normalized spacial score (nSPS) is 11.2. The molecule has 0 bridgehead atoms. The lowest BCUT2D eigenvalue weighted by Crippen LogP contribution is -2.09. The molecule has 0 saturated carbocycles. The van der Waals surface area contributed by atoms with E-state index in [4.69, 9.17) is 9.84 Å². The molecular weight excluding hydrogens is 298 g/mol. The van der Waals surface area contributed by atoms with Crippen molar-refractivity contribution in [3.05, 3.63) is 41.5 Å². The predicted octanol–water partition coefficient (Wildman–Crippen LogP) is 0.703. The van der Waals surface area contributed by atoms with Crippen molar-refractivity contribution >= 4 is 16.8 Å². The van der Waals surface area contributed by atoms with Crippen LogP contribution < -0.4 is 0 Å². The number of hydrogen-bond donors (Lipinski definition) is 2. The number of fused-ring (bicyclic) bond motifs is 1. The Kier molecular flexibility index (Phi) is 4.45. The lowest BCUT2D eigenvalue weighted by atomic mass is 10.1. The first-order chi connectivity index (χ1) is 11.2. The number of aliphatic hydroxyl groups excluding tert-OH is 1. The summed E-state index contributed by atoms with van der Waals surface area (Å²) < 4.78 is 6.69. The largest absolute Gasteiger partial charge is 0.394 e. The van der Waals surface area contributed by atoms with E-state index in [-0.39, 0.29) is 24.7 Å². The number of aromatic amines is 1. The highest BCUT2D eigenvalue weighted by molar-refractivity contribution is 6.08. The molecule has 0 aliphatic carbocycles. The van der Waals surface area contributed by atoms with Crippen LogP contribution in [0.1, 0.15) is 21.7 Å². The second-order valence-electron chi connectivity index (χ2n) is 5.15. The van der Waals surface area contributed by atoms with Gasteiger partial charge in [0, 0.05) is 22.8 Å². The van der Waals surface area contributed by atoms with Gasteiger partial charge in [0.2, 0.25) is 5.78 Å². The van der Waals surface area contributed by atoms with Crippen LogP contribution in [-0.2, 0) is 11.3 Å². The number of nitrogens with one attached hydrogen (secondary N) is 1. The fraction of sp³-hybridized carbons (Fsp3) is 0.333. The molecule has 0 fully saturated rings. The van der Waals surface area contributed by atoms with Gasteiger partial charge in [-0.1, -0.05) is 5.21 Å². The highest BCUT2D eigenvalue weighted by Crippen LogP contribution is 2.16. The van der Waals surface area contributed by atoms with Crippen LogP contribution in [-0.4, -0.2) is 55.7 Å². The molecule has 0 unspecified atom stereocenters. The van der Waals surface area contributed by atoms with Crippen LogP contribution in [0, 0.1) is 6.92 Å². The van der Waals surface area contributed by atoms with Crippen LogP contribution in [0.25, 0.3) is 11.0 Å². The molecule has 0 saturated heterocycles. The van der Waals surface area contributed by atoms with Gasteiger partial charge in [-0.25, -0.2) is 9.67 Å². The summed E-state index contributed by atoms with van der Waals surface area (Å²) in [6.45, 7) is 3.06. The molecule has 120 valence electrons. The number of ketones is 1. The van der Waals surface area contributed by atoms with Crippen LogP contribution in [0.4, 0.5) is 0 Å². The highest BCUT2D eigenvalue weighted by Gasteiger charge is 2.15. The SMILES string of the molecule is Cc1cc2cc(C(=O)c3cn(CCOCCO)nn3)cnc2[nH]1. The topological polar surface area (TPSA) is 106 Å². The molecule has 3 aromatic rings. The third-order valence-electron chi connectivity index (χ3n) is 3.34. The summed E-state index contributed by atoms with van der Waals surface area (Å²) in [7, 11) is 0. The van der Waals surface area contributed by atoms with Gasteiger partial charge in [-0.3, -0.25) is 4.79 Å². The van der Waals surface area contributed by atoms with Crippen molar-refractivity contribution in [3.8, 4) is 0 Å². The van der Waals surface area contributed by atoms with E-state index in [0.29, 0.717) is 18.7 Å². The molecule has 8 heteroatoms. The average molecular weight is 315 g/mol. The summed E-state index contributed by atoms with van der Waals surface area (Å²) >= 11 is 0. The van der Waals surface area contributed by atoms with Crippen LogP contribution in [0.3, 0.4) is 0 Å². The second-order valence-corrected chi connectivity index (χ2v) is 5.15. The zero-order valence-corrected chi connectivity index (χ0v) is 12.7. The number of hydrogen-bond acceptors (Lipinski definition) is 6. The van der Waals surface area contributed by atoms with Crippen molar-refractivity contribution in [1.29, 1.82) is 0 Å². The highest BCUT2D eigenvalue weighted by atomic mass is 16.5. The minimum Gasteiger partial charge on any atom is -0.394 e. The summed E-state index contributed by atoms with van der Waals surface area (Å²) in [5.41, 5.74) is 2.48. The van der Waals surface area contributed by atoms with Crippen LogP contribution >= 0.6 is 0 Å². The Labute approximate surface area is 132 Å². The van der Waals surface area contributed by atoms with E-state index in [2.05, 4.69) is 20.3 Å². The van der Waals surface area contributed by atoms with Crippen molar-refractivity contribution in [3.63, 3.8) is 0 Å². The van der Waals surface area contributed by atoms with Gasteiger partial charge in [-0.15, -0.1) is 5.10 Å². The average Bonchev–Trinajstić information content (AvgIpc) is 3.15. The lowest BCUT2D eigenvalue weighted by Gasteiger charge is -2.01. The van der Waals surface area contributed by atoms with E-state index in [0.717, 1.165) is 16.7 Å². The lowest BCUT2D eigenvalue weighted by molar-refractivity contribution is 0.0851. The minimum absolute atomic E-state index is 0.0187. The molecule has 0 aliphatic rings. The standard InChI is InChI=1S/C15H17N5O3/c1-10-6-11-7-12(8-16-15(11)17-10)14(22)13-9-20(19-18-13)2-4-23-5-3-21/h6-9,21H,2-5H2,1H3,(H,16,17). The molecule has 0 atom stereocenters. The number of H-pyrrole nitrogens is 1. The number of aryl methyl sites for hydroxylation is 1. The third kappa shape index (κ3) is 3.43. The molecule has 0 aliphatic heterocycles. The van der Waals surface area contributed by atoms with Crippen molar-refractivity contribution in [2.45, 2.75) is 13.5 Å². The smallest absolute Gasteiger partial charge is 0.216 e. The number of nitrogens with zero attached hydrogens (tertiary/aromatic N) is 4. The van der Waals surface area contributed by atoms with Crippen molar-refractivity contribution < 1.29 is 14.6 Å². The fourth-order valence-corrected chi connectivity index (χ4v) is 2.26. The van der Waals surface area contributed by atoms with Crippen LogP contribution in [0.2, 0.25) is 0 Å². The zero-order chi connectivity index (χ0) is 16.2. The van der Waals surface area contributed by atoms with Crippen molar-refractivity contribution in [1.82, 2.24) is 25.0 Å². The van der Waals surface area contributed by atoms with Crippen molar-refractivity contribution in [2.24, 2.45) is 0 Å². The summed E-state index contributed by atoms with van der Waals surface area (Å²) in [5, 5.41) is 17.3. The Morgan fingerprint density at radius 1 is 1.39 bits per heavy atom. The van der Waals surface area contributed by atoms with Gasteiger partial charge in [0.15, 0.2) is 5.69 Å². The molecule has 3 aromatic heterocycles. The first kappa shape index (κ1) is 15.3. The number of aliphatic hydroxyl groups is 1. The maximum Gasteiger partial charge on any atom is 0.216 e. The predicted molar refractivity (Wildman–Crippen MR) is 82.2 cm³/mol. The summed E-state index contributed by atoms with van der Waals surface area (Å²) in [5.74, 6) is -0.222. The molecular formula is C15H17N5O3. The Bertz CT molecular complexity index is 823. The third-order valence-corrected chi connectivity index (χ3v) is 3.34. The number of carbonyl (C=O) groups excluding carboxylic acids is 1. The van der Waals surface area contributed by atoms with Crippen LogP contribution in [0.15, 0.2) is 24.5 Å². The van der Waals surface area contributed by atoms with E-state index in [1.165, 1.54) is 10.9 Å². The van der Waals surface area contributed by atoms with Gasteiger partial charge in [0.1, 0.15) is 5.65 Å². The number of aromatic nitrogens is 5. The maximum absolute atomic E-state index is 12.5. The van der Waals surface area contributed by atoms with E-state index in [1.54, 1.807) is 12.3 Å². The van der Waals surface area contributed by atoms with E-state index in [1.807, 2.05) is 13.0 Å². The molecule has 0 spiro atoms. The second kappa shape index (κ2) is 6.67. The molecule has 2 N–H and O–H groups in total. The van der Waals surface area contributed by atoms with Gasteiger partial charge >= 0.3 is 0 Å². The van der Waals surface area contributed by atoms with Crippen LogP contribution in [0.5, 0.6) is 0 Å². The molecule has 0 aromatic carbocycles. The summed E-state index contributed by atoms with van der Waals surface area (Å²) in [6, 6.07) is 3.73. The minimum atomic E-state index is -0.222. The first-order valence-electron chi connectivity index (χ1n) is 7.26. The van der Waals surface area contributed by atoms with Gasteiger partial charge < -0.3 is 14.8 Å². The van der Waals surface area contributed by atoms with E-state index in [9.17, 15) is 4.79 Å². The molecule has 3 rings (SSSR count). The molecule has 3 heterocycles. The monoisotopic (exact) mass is 315 g/mol. The fourth-order valence-electron chi connectivity index (χ4n) is 2.26. The van der Waals surface area contributed by atoms with E-state index < -0.39 is 0 Å². The Hall–Kier alpha value is -2.58. The summed E-state index contributed by atoms with van der Waals surface area (Å²) in [4.78, 5) is 19.8. The Balaban J connectivity index is 1.72. The number of pyridine rings is 1. The number of ether oxygens (including phenoxy) is 1. The van der Waals surface area contributed by atoms with Gasteiger partial charge in [0.25, 0.3) is 0 Å². The quantitative estimate of drug-likeness (QED) is 0.491. The molecule has 8 nitrogen and oxygen atoms in total. The van der Waals surface area contributed by atoms with Gasteiger partial charge in [-0.05, 0) is 19.1 Å². The Morgan fingerprint density at radius 2 is 2.26 bits per heavy atom. The maximum atomic E-state index is 12.5. The zero-order valence-electron chi connectivity index (χ0n) is 12.7. The number of carbonyl (C=O) groups is 1. The number of rotatable bonds is 7.